The lowest BCUT2D eigenvalue weighted by molar-refractivity contribution is -0.659. The highest BCUT2D eigenvalue weighted by Crippen LogP contribution is 2.51. The molecule has 5 aromatic rings. The molecule has 0 aliphatic carbocycles. The normalized spacial score (nSPS) is 13.6. The second-order valence-corrected chi connectivity index (χ2v) is 11.3. The Hall–Kier alpha value is -3.05. The number of rotatable bonds is 2. The smallest absolute Gasteiger partial charge is 0.200 e. The Kier molecular flexibility index (Phi) is 4.79. The van der Waals surface area contributed by atoms with Gasteiger partial charge in [-0.25, -0.2) is 4.57 Å². The van der Waals surface area contributed by atoms with Crippen LogP contribution in [0.4, 0.5) is 13.2 Å². The van der Waals surface area contributed by atoms with E-state index in [0.29, 0.717) is 0 Å². The molecule has 0 radical (unpaired) electrons. The van der Waals surface area contributed by atoms with E-state index in [2.05, 4.69) is 61.0 Å². The minimum atomic E-state index is -4.28. The quantitative estimate of drug-likeness (QED) is 0.174. The molecule has 35 heavy (non-hydrogen) atoms. The van der Waals surface area contributed by atoms with Gasteiger partial charge in [-0.2, -0.15) is 13.2 Å². The molecule has 0 atom stereocenters. The molecule has 1 aliphatic rings. The molecule has 1 nitrogen and oxygen atoms in total. The Morgan fingerprint density at radius 2 is 1.54 bits per heavy atom. The zero-order chi connectivity index (χ0) is 24.7. The SMILES string of the molecule is Cc1c2c(cc3ccccc13)Sc1cc3cccc(CC(C)(C)C(F)(F)F)c3c3cc[n+](C)c-2c13. The monoisotopic (exact) mass is 488 g/mol. The van der Waals surface area contributed by atoms with Gasteiger partial charge in [0.05, 0.1) is 16.4 Å². The third kappa shape index (κ3) is 3.28. The van der Waals surface area contributed by atoms with Gasteiger partial charge < -0.3 is 0 Å². The summed E-state index contributed by atoms with van der Waals surface area (Å²) >= 11 is 1.76. The third-order valence-corrected chi connectivity index (χ3v) is 8.52. The zero-order valence-electron chi connectivity index (χ0n) is 20.0. The molecule has 1 aliphatic heterocycles. The van der Waals surface area contributed by atoms with Crippen molar-refractivity contribution in [2.24, 2.45) is 12.5 Å². The maximum atomic E-state index is 13.8. The van der Waals surface area contributed by atoms with Crippen LogP contribution in [0, 0.1) is 12.3 Å². The second kappa shape index (κ2) is 7.47. The van der Waals surface area contributed by atoms with Gasteiger partial charge in [-0.15, -0.1) is 0 Å². The van der Waals surface area contributed by atoms with Crippen molar-refractivity contribution < 1.29 is 17.7 Å². The maximum Gasteiger partial charge on any atom is 0.394 e. The van der Waals surface area contributed by atoms with E-state index < -0.39 is 11.6 Å². The number of hydrogen-bond acceptors (Lipinski definition) is 1. The van der Waals surface area contributed by atoms with Crippen LogP contribution in [0.5, 0.6) is 0 Å². The topological polar surface area (TPSA) is 3.88 Å². The van der Waals surface area contributed by atoms with Crippen LogP contribution >= 0.6 is 11.8 Å². The average Bonchev–Trinajstić information content (AvgIpc) is 2.79. The minimum absolute atomic E-state index is 0.0635. The van der Waals surface area contributed by atoms with Crippen LogP contribution < -0.4 is 4.57 Å². The molecule has 0 fully saturated rings. The van der Waals surface area contributed by atoms with Crippen molar-refractivity contribution in [1.82, 2.24) is 0 Å². The lowest BCUT2D eigenvalue weighted by atomic mass is 9.82. The lowest BCUT2D eigenvalue weighted by Crippen LogP contribution is -2.34. The number of alkyl halides is 3. The Morgan fingerprint density at radius 1 is 0.829 bits per heavy atom. The number of aromatic nitrogens is 1. The van der Waals surface area contributed by atoms with Gasteiger partial charge in [0, 0.05) is 21.2 Å². The molecule has 0 unspecified atom stereocenters. The van der Waals surface area contributed by atoms with Gasteiger partial charge in [-0.05, 0) is 58.1 Å². The summed E-state index contributed by atoms with van der Waals surface area (Å²) in [6.07, 6.45) is -2.30. The van der Waals surface area contributed by atoms with E-state index in [4.69, 9.17) is 0 Å². The van der Waals surface area contributed by atoms with Crippen LogP contribution in [0.15, 0.2) is 76.7 Å². The van der Waals surface area contributed by atoms with Crippen LogP contribution in [0.3, 0.4) is 0 Å². The first-order valence-corrected chi connectivity index (χ1v) is 12.5. The summed E-state index contributed by atoms with van der Waals surface area (Å²) in [5.41, 5.74) is 2.49. The van der Waals surface area contributed by atoms with Crippen LogP contribution in [0.1, 0.15) is 25.0 Å². The van der Waals surface area contributed by atoms with Crippen LogP contribution in [-0.2, 0) is 13.5 Å². The summed E-state index contributed by atoms with van der Waals surface area (Å²) in [7, 11) is 2.05. The molecule has 0 N–H and O–H groups in total. The van der Waals surface area contributed by atoms with E-state index in [1.807, 2.05) is 24.4 Å². The molecule has 6 rings (SSSR count). The molecule has 0 saturated carbocycles. The third-order valence-electron chi connectivity index (χ3n) is 7.44. The molecule has 0 bridgehead atoms. The van der Waals surface area contributed by atoms with Gasteiger partial charge in [-0.3, -0.25) is 0 Å². The van der Waals surface area contributed by atoms with Crippen LogP contribution in [0.25, 0.3) is 43.6 Å². The Morgan fingerprint density at radius 3 is 2.31 bits per heavy atom. The molecule has 1 aromatic heterocycles. The van der Waals surface area contributed by atoms with Crippen molar-refractivity contribution >= 4 is 44.1 Å². The summed E-state index contributed by atoms with van der Waals surface area (Å²) in [5.74, 6) is 0. The number of fused-ring (bicyclic) bond motifs is 5. The van der Waals surface area contributed by atoms with E-state index >= 15 is 0 Å². The van der Waals surface area contributed by atoms with Gasteiger partial charge >= 0.3 is 6.18 Å². The second-order valence-electron chi connectivity index (χ2n) is 10.2. The molecular formula is C30H25F3NS+. The summed E-state index contributed by atoms with van der Waals surface area (Å²) in [6.45, 7) is 4.75. The number of nitrogens with zero attached hydrogens (tertiary/aromatic N) is 1. The molecule has 5 heteroatoms. The molecule has 0 amide bonds. The maximum absolute atomic E-state index is 13.8. The first-order valence-electron chi connectivity index (χ1n) is 11.7. The zero-order valence-corrected chi connectivity index (χ0v) is 20.9. The Bertz CT molecular complexity index is 1680. The molecular weight excluding hydrogens is 463 g/mol. The standard InChI is InChI=1S/C30H25F3NS/c1-17-21-11-6-5-8-18(21)14-23-25(17)28-27-22(12-13-34(28)4)26-19(15-24(27)35-23)9-7-10-20(26)16-29(2,3)30(31,32)33/h5-15H,16H2,1-4H3/q+1. The van der Waals surface area contributed by atoms with Crippen molar-refractivity contribution in [3.05, 3.63) is 78.0 Å². The average molecular weight is 489 g/mol. The fourth-order valence-electron chi connectivity index (χ4n) is 5.48. The lowest BCUT2D eigenvalue weighted by Gasteiger charge is -2.29. The van der Waals surface area contributed by atoms with Gasteiger partial charge in [-0.1, -0.05) is 68.1 Å². The number of halogens is 3. The fraction of sp³-hybridized carbons (Fsp3) is 0.233. The van der Waals surface area contributed by atoms with Crippen molar-refractivity contribution in [3.8, 4) is 11.3 Å². The van der Waals surface area contributed by atoms with Crippen molar-refractivity contribution in [2.45, 2.75) is 43.2 Å². The molecule has 4 aromatic carbocycles. The number of hydrogen-bond donors (Lipinski definition) is 0. The van der Waals surface area contributed by atoms with Gasteiger partial charge in [0.15, 0.2) is 6.20 Å². The predicted molar refractivity (Wildman–Crippen MR) is 138 cm³/mol. The van der Waals surface area contributed by atoms with Gasteiger partial charge in [0.25, 0.3) is 0 Å². The molecule has 176 valence electrons. The van der Waals surface area contributed by atoms with Crippen molar-refractivity contribution in [1.29, 1.82) is 0 Å². The van der Waals surface area contributed by atoms with E-state index in [-0.39, 0.29) is 6.42 Å². The highest BCUT2D eigenvalue weighted by Gasteiger charge is 2.47. The predicted octanol–water partition coefficient (Wildman–Crippen LogP) is 8.54. The van der Waals surface area contributed by atoms with Crippen molar-refractivity contribution in [2.75, 3.05) is 0 Å². The summed E-state index contributed by atoms with van der Waals surface area (Å²) in [4.78, 5) is 2.36. The summed E-state index contributed by atoms with van der Waals surface area (Å²) in [6, 6.07) is 20.7. The number of pyridine rings is 1. The highest BCUT2D eigenvalue weighted by molar-refractivity contribution is 7.99. The van der Waals surface area contributed by atoms with E-state index in [1.165, 1.54) is 40.6 Å². The van der Waals surface area contributed by atoms with E-state index in [0.717, 1.165) is 37.7 Å². The number of benzene rings is 4. The van der Waals surface area contributed by atoms with Gasteiger partial charge in [0.2, 0.25) is 5.69 Å². The summed E-state index contributed by atoms with van der Waals surface area (Å²) < 4.78 is 43.6. The van der Waals surface area contributed by atoms with Crippen LogP contribution in [0.2, 0.25) is 0 Å². The summed E-state index contributed by atoms with van der Waals surface area (Å²) in [5, 5.41) is 6.48. The first kappa shape index (κ1) is 22.4. The van der Waals surface area contributed by atoms with Crippen molar-refractivity contribution in [3.63, 3.8) is 0 Å². The van der Waals surface area contributed by atoms with Gasteiger partial charge in [0.1, 0.15) is 7.05 Å². The fourth-order valence-corrected chi connectivity index (χ4v) is 6.75. The number of aryl methyl sites for hydroxylation is 2. The Labute approximate surface area is 206 Å². The largest absolute Gasteiger partial charge is 0.394 e. The molecule has 0 saturated heterocycles. The molecule has 0 spiro atoms. The molecule has 2 heterocycles. The minimum Gasteiger partial charge on any atom is -0.200 e. The van der Waals surface area contributed by atoms with E-state index in [9.17, 15) is 13.2 Å². The van der Waals surface area contributed by atoms with Crippen LogP contribution in [-0.4, -0.2) is 6.18 Å². The van der Waals surface area contributed by atoms with E-state index in [1.54, 1.807) is 11.8 Å². The Balaban J connectivity index is 1.70. The highest BCUT2D eigenvalue weighted by atomic mass is 32.2. The first-order chi connectivity index (χ1) is 16.6.